The molecule has 5 heteroatoms. The fraction of sp³-hybridized carbons (Fsp3) is 0. The minimum atomic E-state index is -1.34. The van der Waals surface area contributed by atoms with E-state index in [0.29, 0.717) is 6.08 Å². The number of carbonyl (C=O) groups is 2. The van der Waals surface area contributed by atoms with Gasteiger partial charge in [-0.15, -0.1) is 0 Å². The topological polar surface area (TPSA) is 87.7 Å². The van der Waals surface area contributed by atoms with E-state index in [1.165, 1.54) is 18.4 Å². The Labute approximate surface area is 72.9 Å². The van der Waals surface area contributed by atoms with Crippen LogP contribution in [0.4, 0.5) is 0 Å². The highest BCUT2D eigenvalue weighted by atomic mass is 16.4. The van der Waals surface area contributed by atoms with E-state index in [0.717, 1.165) is 0 Å². The third-order valence-electron chi connectivity index (χ3n) is 1.28. The monoisotopic (exact) mass is 182 g/mol. The zero-order valence-corrected chi connectivity index (χ0v) is 6.43. The van der Waals surface area contributed by atoms with Gasteiger partial charge >= 0.3 is 11.9 Å². The van der Waals surface area contributed by atoms with Crippen LogP contribution in [0.15, 0.2) is 28.9 Å². The van der Waals surface area contributed by atoms with Gasteiger partial charge in [-0.2, -0.15) is 0 Å². The summed E-state index contributed by atoms with van der Waals surface area (Å²) in [5.41, 5.74) is -0.377. The Morgan fingerprint density at radius 3 is 2.46 bits per heavy atom. The van der Waals surface area contributed by atoms with Crippen molar-refractivity contribution in [2.24, 2.45) is 0 Å². The molecule has 1 rings (SSSR count). The average molecular weight is 182 g/mol. The molecule has 0 atom stereocenters. The third kappa shape index (κ3) is 2.19. The highest BCUT2D eigenvalue weighted by Gasteiger charge is 2.14. The number of furan rings is 1. The number of aliphatic carboxylic acids is 2. The fourth-order valence-corrected chi connectivity index (χ4v) is 0.794. The van der Waals surface area contributed by atoms with Gasteiger partial charge in [0.1, 0.15) is 11.3 Å². The van der Waals surface area contributed by atoms with Gasteiger partial charge in [-0.1, -0.05) is 0 Å². The van der Waals surface area contributed by atoms with Crippen molar-refractivity contribution in [2.45, 2.75) is 0 Å². The molecule has 0 unspecified atom stereocenters. The second kappa shape index (κ2) is 3.57. The molecular weight excluding hydrogens is 176 g/mol. The quantitative estimate of drug-likeness (QED) is 0.676. The SMILES string of the molecule is O=C(O)C=C(C(=O)O)c1ccco1. The smallest absolute Gasteiger partial charge is 0.339 e. The Bertz CT molecular complexity index is 347. The maximum Gasteiger partial charge on any atom is 0.339 e. The van der Waals surface area contributed by atoms with Gasteiger partial charge in [-0.25, -0.2) is 9.59 Å². The van der Waals surface area contributed by atoms with E-state index in [1.807, 2.05) is 0 Å². The highest BCUT2D eigenvalue weighted by Crippen LogP contribution is 2.14. The van der Waals surface area contributed by atoms with Gasteiger partial charge in [-0.3, -0.25) is 0 Å². The van der Waals surface area contributed by atoms with Crippen molar-refractivity contribution in [3.05, 3.63) is 30.2 Å². The summed E-state index contributed by atoms with van der Waals surface area (Å²) >= 11 is 0. The third-order valence-corrected chi connectivity index (χ3v) is 1.28. The lowest BCUT2D eigenvalue weighted by Crippen LogP contribution is -2.02. The van der Waals surface area contributed by atoms with Crippen LogP contribution >= 0.6 is 0 Å². The van der Waals surface area contributed by atoms with Crippen molar-refractivity contribution in [3.63, 3.8) is 0 Å². The maximum atomic E-state index is 10.5. The van der Waals surface area contributed by atoms with Crippen LogP contribution in [0.2, 0.25) is 0 Å². The summed E-state index contributed by atoms with van der Waals surface area (Å²) in [7, 11) is 0. The second-order valence-electron chi connectivity index (χ2n) is 2.18. The lowest BCUT2D eigenvalue weighted by Gasteiger charge is -1.94. The van der Waals surface area contributed by atoms with Crippen molar-refractivity contribution >= 4 is 17.5 Å². The molecule has 2 N–H and O–H groups in total. The number of carboxylic acids is 2. The van der Waals surface area contributed by atoms with E-state index in [9.17, 15) is 9.59 Å². The molecule has 0 amide bonds. The van der Waals surface area contributed by atoms with Gasteiger partial charge in [0.2, 0.25) is 0 Å². The van der Waals surface area contributed by atoms with E-state index in [2.05, 4.69) is 0 Å². The van der Waals surface area contributed by atoms with Crippen LogP contribution < -0.4 is 0 Å². The lowest BCUT2D eigenvalue weighted by atomic mass is 10.2. The van der Waals surface area contributed by atoms with Gasteiger partial charge in [0.15, 0.2) is 0 Å². The number of carboxylic acid groups (broad SMARTS) is 2. The molecule has 1 heterocycles. The minimum absolute atomic E-state index is 0.0231. The second-order valence-corrected chi connectivity index (χ2v) is 2.18. The molecule has 5 nitrogen and oxygen atoms in total. The zero-order valence-electron chi connectivity index (χ0n) is 6.43. The zero-order chi connectivity index (χ0) is 9.84. The summed E-state index contributed by atoms with van der Waals surface area (Å²) in [6.45, 7) is 0. The summed E-state index contributed by atoms with van der Waals surface area (Å²) in [5, 5.41) is 17.0. The van der Waals surface area contributed by atoms with Crippen LogP contribution in [0.5, 0.6) is 0 Å². The lowest BCUT2D eigenvalue weighted by molar-refractivity contribution is -0.133. The summed E-state index contributed by atoms with van der Waals surface area (Å²) in [6, 6.07) is 2.86. The first kappa shape index (κ1) is 9.05. The molecule has 0 spiro atoms. The van der Waals surface area contributed by atoms with Gasteiger partial charge < -0.3 is 14.6 Å². The molecule has 68 valence electrons. The van der Waals surface area contributed by atoms with Crippen molar-refractivity contribution in [2.75, 3.05) is 0 Å². The molecule has 0 aromatic carbocycles. The summed E-state index contributed by atoms with van der Waals surface area (Å²) in [6.07, 6.45) is 1.86. The van der Waals surface area contributed by atoms with Gasteiger partial charge in [-0.05, 0) is 12.1 Å². The molecule has 0 saturated heterocycles. The van der Waals surface area contributed by atoms with Crippen molar-refractivity contribution in [1.29, 1.82) is 0 Å². The van der Waals surface area contributed by atoms with Gasteiger partial charge in [0, 0.05) is 6.08 Å². The van der Waals surface area contributed by atoms with Crippen molar-refractivity contribution < 1.29 is 24.2 Å². The molecule has 1 aromatic heterocycles. The minimum Gasteiger partial charge on any atom is -0.478 e. The Hall–Kier alpha value is -2.04. The van der Waals surface area contributed by atoms with Crippen LogP contribution in [0, 0.1) is 0 Å². The predicted molar refractivity (Wildman–Crippen MR) is 42.0 cm³/mol. The molecule has 0 saturated carbocycles. The van der Waals surface area contributed by atoms with E-state index >= 15 is 0 Å². The summed E-state index contributed by atoms with van der Waals surface area (Å²) in [5.74, 6) is -2.64. The molecule has 0 aliphatic rings. The molecule has 0 aliphatic carbocycles. The summed E-state index contributed by atoms with van der Waals surface area (Å²) in [4.78, 5) is 20.8. The summed E-state index contributed by atoms with van der Waals surface area (Å²) < 4.78 is 4.75. The first-order valence-electron chi connectivity index (χ1n) is 3.33. The Kier molecular flexibility index (Phi) is 2.49. The Morgan fingerprint density at radius 1 is 1.38 bits per heavy atom. The Balaban J connectivity index is 3.08. The van der Waals surface area contributed by atoms with E-state index < -0.39 is 11.9 Å². The normalized spacial score (nSPS) is 11.2. The molecule has 13 heavy (non-hydrogen) atoms. The first-order chi connectivity index (χ1) is 6.11. The molecule has 0 radical (unpaired) electrons. The fourth-order valence-electron chi connectivity index (χ4n) is 0.794. The largest absolute Gasteiger partial charge is 0.478 e. The Morgan fingerprint density at radius 2 is 2.08 bits per heavy atom. The average Bonchev–Trinajstić information content (AvgIpc) is 2.50. The molecule has 0 aliphatic heterocycles. The van der Waals surface area contributed by atoms with E-state index in [1.54, 1.807) is 0 Å². The first-order valence-corrected chi connectivity index (χ1v) is 3.33. The number of hydrogen-bond acceptors (Lipinski definition) is 3. The maximum absolute atomic E-state index is 10.5. The molecular formula is C8H6O5. The standard InChI is InChI=1S/C8H6O5/c9-7(10)4-5(8(11)12)6-2-1-3-13-6/h1-4H,(H,9,10)(H,11,12). The molecule has 0 fully saturated rings. The van der Waals surface area contributed by atoms with Gasteiger partial charge in [0.25, 0.3) is 0 Å². The van der Waals surface area contributed by atoms with Crippen LogP contribution in [-0.2, 0) is 9.59 Å². The predicted octanol–water partition coefficient (Wildman–Crippen LogP) is 0.832. The van der Waals surface area contributed by atoms with Crippen molar-refractivity contribution in [3.8, 4) is 0 Å². The van der Waals surface area contributed by atoms with Crippen LogP contribution in [0.3, 0.4) is 0 Å². The van der Waals surface area contributed by atoms with Crippen LogP contribution in [0.1, 0.15) is 5.76 Å². The van der Waals surface area contributed by atoms with Gasteiger partial charge in [0.05, 0.1) is 6.26 Å². The van der Waals surface area contributed by atoms with E-state index in [4.69, 9.17) is 14.6 Å². The number of hydrogen-bond donors (Lipinski definition) is 2. The highest BCUT2D eigenvalue weighted by molar-refractivity contribution is 6.18. The van der Waals surface area contributed by atoms with Crippen LogP contribution in [0.25, 0.3) is 5.57 Å². The van der Waals surface area contributed by atoms with E-state index in [-0.39, 0.29) is 11.3 Å². The van der Waals surface area contributed by atoms with Crippen molar-refractivity contribution in [1.82, 2.24) is 0 Å². The molecule has 0 bridgehead atoms. The number of rotatable bonds is 3. The molecule has 1 aromatic rings. The van der Waals surface area contributed by atoms with Crippen LogP contribution in [-0.4, -0.2) is 22.2 Å².